The second-order valence-corrected chi connectivity index (χ2v) is 2.64. The molecule has 4 N–H and O–H groups in total. The summed E-state index contributed by atoms with van der Waals surface area (Å²) in [6.07, 6.45) is 0. The van der Waals surface area contributed by atoms with E-state index >= 15 is 0 Å². The molecule has 0 aliphatic rings. The second-order valence-electron chi connectivity index (χ2n) is 2.64. The number of nitrogens with two attached hydrogens (primary N) is 1. The predicted octanol–water partition coefficient (Wildman–Crippen LogP) is -0.234. The summed E-state index contributed by atoms with van der Waals surface area (Å²) in [7, 11) is 0. The third-order valence-electron chi connectivity index (χ3n) is 1.60. The van der Waals surface area contributed by atoms with Crippen molar-refractivity contribution in [1.82, 2.24) is 10.7 Å². The Balaban J connectivity index is 2.31. The largest absolute Gasteiger partial charge is 0.351 e. The maximum Gasteiger partial charge on any atom is 0.235 e. The van der Waals surface area contributed by atoms with Gasteiger partial charge in [0.2, 0.25) is 5.91 Å². The van der Waals surface area contributed by atoms with Crippen molar-refractivity contribution in [1.29, 1.82) is 0 Å². The molecule has 0 spiro atoms. The topological polar surface area (TPSA) is 67.1 Å². The van der Waals surface area contributed by atoms with Gasteiger partial charge >= 0.3 is 0 Å². The van der Waals surface area contributed by atoms with Crippen LogP contribution in [0.3, 0.4) is 0 Å². The molecule has 0 aliphatic carbocycles. The van der Waals surface area contributed by atoms with Gasteiger partial charge in [-0.15, -0.1) is 0 Å². The molecule has 0 bridgehead atoms. The summed E-state index contributed by atoms with van der Waals surface area (Å²) in [4.78, 5) is 11.0. The van der Waals surface area contributed by atoms with Crippen LogP contribution in [0.5, 0.6) is 0 Å². The molecule has 0 fully saturated rings. The van der Waals surface area contributed by atoms with Gasteiger partial charge in [-0.1, -0.05) is 30.3 Å². The lowest BCUT2D eigenvalue weighted by molar-refractivity contribution is -0.120. The van der Waals surface area contributed by atoms with Gasteiger partial charge in [-0.2, -0.15) is 0 Å². The van der Waals surface area contributed by atoms with Crippen molar-refractivity contribution in [2.45, 2.75) is 6.54 Å². The standard InChI is InChI=1S/C9H13N3O/c10-12-7-9(13)11-6-8-4-2-1-3-5-8/h1-5,12H,6-7,10H2,(H,11,13). The Morgan fingerprint density at radius 1 is 1.31 bits per heavy atom. The summed E-state index contributed by atoms with van der Waals surface area (Å²) < 4.78 is 0. The summed E-state index contributed by atoms with van der Waals surface area (Å²) in [5, 5.41) is 2.72. The molecule has 0 heterocycles. The van der Waals surface area contributed by atoms with E-state index in [4.69, 9.17) is 5.84 Å². The van der Waals surface area contributed by atoms with Crippen LogP contribution in [0.15, 0.2) is 30.3 Å². The zero-order valence-electron chi connectivity index (χ0n) is 7.29. The fraction of sp³-hybridized carbons (Fsp3) is 0.222. The summed E-state index contributed by atoms with van der Waals surface area (Å²) in [6.45, 7) is 0.689. The number of carbonyl (C=O) groups excluding carboxylic acids is 1. The fourth-order valence-corrected chi connectivity index (χ4v) is 0.952. The van der Waals surface area contributed by atoms with E-state index in [-0.39, 0.29) is 12.5 Å². The van der Waals surface area contributed by atoms with Crippen molar-refractivity contribution in [3.63, 3.8) is 0 Å². The van der Waals surface area contributed by atoms with Crippen molar-refractivity contribution >= 4 is 5.91 Å². The normalized spacial score (nSPS) is 9.62. The molecule has 1 amide bonds. The number of benzene rings is 1. The highest BCUT2D eigenvalue weighted by molar-refractivity contribution is 5.77. The predicted molar refractivity (Wildman–Crippen MR) is 50.5 cm³/mol. The van der Waals surface area contributed by atoms with E-state index in [1.54, 1.807) is 0 Å². The van der Waals surface area contributed by atoms with E-state index in [1.165, 1.54) is 0 Å². The molecule has 0 radical (unpaired) electrons. The summed E-state index contributed by atoms with van der Waals surface area (Å²) in [6, 6.07) is 9.71. The zero-order chi connectivity index (χ0) is 9.52. The third kappa shape index (κ3) is 3.68. The van der Waals surface area contributed by atoms with Gasteiger partial charge in [0.25, 0.3) is 0 Å². The Morgan fingerprint density at radius 3 is 2.62 bits per heavy atom. The molecule has 0 aliphatic heterocycles. The minimum Gasteiger partial charge on any atom is -0.351 e. The molecule has 1 rings (SSSR count). The summed E-state index contributed by atoms with van der Waals surface area (Å²) in [5.41, 5.74) is 3.37. The van der Waals surface area contributed by atoms with Crippen molar-refractivity contribution in [2.75, 3.05) is 6.54 Å². The smallest absolute Gasteiger partial charge is 0.235 e. The van der Waals surface area contributed by atoms with Crippen molar-refractivity contribution in [3.05, 3.63) is 35.9 Å². The first-order valence-electron chi connectivity index (χ1n) is 4.07. The first-order chi connectivity index (χ1) is 6.33. The minimum absolute atomic E-state index is 0.105. The van der Waals surface area contributed by atoms with Crippen molar-refractivity contribution in [2.24, 2.45) is 5.84 Å². The number of nitrogens with one attached hydrogen (secondary N) is 2. The van der Waals surface area contributed by atoms with Gasteiger partial charge in [-0.3, -0.25) is 16.1 Å². The van der Waals surface area contributed by atoms with Gasteiger partial charge in [-0.05, 0) is 5.56 Å². The molecule has 70 valence electrons. The molecule has 0 saturated carbocycles. The first kappa shape index (κ1) is 9.70. The van der Waals surface area contributed by atoms with Gasteiger partial charge < -0.3 is 5.32 Å². The van der Waals surface area contributed by atoms with E-state index < -0.39 is 0 Å². The Kier molecular flexibility index (Phi) is 3.95. The maximum absolute atomic E-state index is 11.0. The van der Waals surface area contributed by atoms with Gasteiger partial charge in [0.1, 0.15) is 0 Å². The molecular formula is C9H13N3O. The number of rotatable bonds is 4. The monoisotopic (exact) mass is 179 g/mol. The number of hydrogen-bond acceptors (Lipinski definition) is 3. The zero-order valence-corrected chi connectivity index (χ0v) is 7.29. The molecule has 0 atom stereocenters. The van der Waals surface area contributed by atoms with Crippen molar-refractivity contribution in [3.8, 4) is 0 Å². The van der Waals surface area contributed by atoms with E-state index in [2.05, 4.69) is 10.7 Å². The molecule has 1 aromatic rings. The van der Waals surface area contributed by atoms with Crippen LogP contribution < -0.4 is 16.6 Å². The number of carbonyl (C=O) groups is 1. The average molecular weight is 179 g/mol. The average Bonchev–Trinajstić information content (AvgIpc) is 2.17. The fourth-order valence-electron chi connectivity index (χ4n) is 0.952. The molecule has 4 heteroatoms. The van der Waals surface area contributed by atoms with Crippen molar-refractivity contribution < 1.29 is 4.79 Å². The minimum atomic E-state index is -0.105. The lowest BCUT2D eigenvalue weighted by Gasteiger charge is -2.03. The number of hydrogen-bond donors (Lipinski definition) is 3. The lowest BCUT2D eigenvalue weighted by atomic mass is 10.2. The Hall–Kier alpha value is -1.39. The molecule has 1 aromatic carbocycles. The maximum atomic E-state index is 11.0. The molecule has 0 aromatic heterocycles. The van der Waals surface area contributed by atoms with Gasteiger partial charge in [0.05, 0.1) is 6.54 Å². The van der Waals surface area contributed by atoms with E-state index in [1.807, 2.05) is 30.3 Å². The molecule has 0 saturated heterocycles. The van der Waals surface area contributed by atoms with Crippen LogP contribution >= 0.6 is 0 Å². The van der Waals surface area contributed by atoms with Crippen LogP contribution in [0.25, 0.3) is 0 Å². The van der Waals surface area contributed by atoms with Crippen LogP contribution in [0.1, 0.15) is 5.56 Å². The molecule has 0 unspecified atom stereocenters. The quantitative estimate of drug-likeness (QED) is 0.441. The highest BCUT2D eigenvalue weighted by atomic mass is 16.1. The highest BCUT2D eigenvalue weighted by Gasteiger charge is 1.97. The third-order valence-corrected chi connectivity index (χ3v) is 1.60. The highest BCUT2D eigenvalue weighted by Crippen LogP contribution is 1.96. The van der Waals surface area contributed by atoms with Crippen LogP contribution in [-0.2, 0) is 11.3 Å². The second kappa shape index (κ2) is 5.29. The lowest BCUT2D eigenvalue weighted by Crippen LogP contribution is -2.36. The molecule has 4 nitrogen and oxygen atoms in total. The van der Waals surface area contributed by atoms with Gasteiger partial charge in [0.15, 0.2) is 0 Å². The van der Waals surface area contributed by atoms with E-state index in [9.17, 15) is 4.79 Å². The summed E-state index contributed by atoms with van der Waals surface area (Å²) >= 11 is 0. The van der Waals surface area contributed by atoms with Crippen LogP contribution in [0, 0.1) is 0 Å². The van der Waals surface area contributed by atoms with Gasteiger partial charge in [0, 0.05) is 6.54 Å². The Labute approximate surface area is 77.1 Å². The number of amides is 1. The molecular weight excluding hydrogens is 166 g/mol. The SMILES string of the molecule is NNCC(=O)NCc1ccccc1. The first-order valence-corrected chi connectivity index (χ1v) is 4.07. The van der Waals surface area contributed by atoms with E-state index in [0.717, 1.165) is 5.56 Å². The van der Waals surface area contributed by atoms with E-state index in [0.29, 0.717) is 6.54 Å². The summed E-state index contributed by atoms with van der Waals surface area (Å²) in [5.74, 6) is 4.88. The number of hydrazine groups is 1. The Bertz CT molecular complexity index is 261. The van der Waals surface area contributed by atoms with Crippen LogP contribution in [0.2, 0.25) is 0 Å². The Morgan fingerprint density at radius 2 is 2.00 bits per heavy atom. The van der Waals surface area contributed by atoms with Crippen LogP contribution in [-0.4, -0.2) is 12.5 Å². The molecule has 13 heavy (non-hydrogen) atoms. The van der Waals surface area contributed by atoms with Crippen LogP contribution in [0.4, 0.5) is 0 Å². The van der Waals surface area contributed by atoms with Gasteiger partial charge in [-0.25, -0.2) is 0 Å².